The van der Waals surface area contributed by atoms with Gasteiger partial charge in [-0.1, -0.05) is 27.7 Å². The molecule has 1 rings (SSSR count). The molecule has 0 atom stereocenters. The minimum absolute atomic E-state index is 0. The molecule has 1 nitrogen and oxygen atoms in total. The van der Waals surface area contributed by atoms with Gasteiger partial charge in [0.1, 0.15) is 0 Å². The molecule has 0 saturated carbocycles. The number of likely N-dealkylation sites (tertiary alicyclic amines) is 1. The zero-order chi connectivity index (χ0) is 8.10. The molecule has 0 spiro atoms. The number of hydrogen-bond donors (Lipinski definition) is 0. The van der Waals surface area contributed by atoms with E-state index in [0.29, 0.717) is 0 Å². The number of piperidine rings is 1. The second kappa shape index (κ2) is 6.47. The summed E-state index contributed by atoms with van der Waals surface area (Å²) in [5.74, 6) is 0.872. The van der Waals surface area contributed by atoms with Crippen LogP contribution in [0.4, 0.5) is 0 Å². The third-order valence-corrected chi connectivity index (χ3v) is 2.47. The average Bonchev–Trinajstić information content (AvgIpc) is 2.03. The summed E-state index contributed by atoms with van der Waals surface area (Å²) >= 11 is 0. The van der Waals surface area contributed by atoms with Crippen LogP contribution in [0, 0.1) is 5.92 Å². The predicted octanol–water partition coefficient (Wildman–Crippen LogP) is 3.15. The van der Waals surface area contributed by atoms with E-state index < -0.39 is 0 Å². The molecule has 0 radical (unpaired) electrons. The van der Waals surface area contributed by atoms with Gasteiger partial charge >= 0.3 is 0 Å². The van der Waals surface area contributed by atoms with Gasteiger partial charge in [-0.2, -0.15) is 0 Å². The quantitative estimate of drug-likeness (QED) is 0.630. The maximum Gasteiger partial charge on any atom is -0.00163 e. The van der Waals surface area contributed by atoms with Crippen LogP contribution in [0.25, 0.3) is 0 Å². The van der Waals surface area contributed by atoms with Gasteiger partial charge in [0.25, 0.3) is 0 Å². The highest BCUT2D eigenvalue weighted by atomic mass is 15.1. The number of hydrogen-bond acceptors (Lipinski definition) is 1. The standard InChI is InChI=1S/C10H21N.CH4/c1-10(2)6-9-11-7-4-3-5-8-11;/h10H,3-9H2,1-2H3;1H4. The maximum atomic E-state index is 2.61. The Morgan fingerprint density at radius 1 is 1.08 bits per heavy atom. The van der Waals surface area contributed by atoms with Gasteiger partial charge in [0, 0.05) is 0 Å². The first-order valence-electron chi connectivity index (χ1n) is 5.01. The van der Waals surface area contributed by atoms with Crippen LogP contribution >= 0.6 is 0 Å². The molecular formula is C11H25N. The first kappa shape index (κ1) is 12.0. The zero-order valence-corrected chi connectivity index (χ0v) is 7.97. The molecule has 1 heterocycles. The van der Waals surface area contributed by atoms with Gasteiger partial charge in [0.05, 0.1) is 0 Å². The normalized spacial score (nSPS) is 19.2. The lowest BCUT2D eigenvalue weighted by molar-refractivity contribution is 0.217. The summed E-state index contributed by atoms with van der Waals surface area (Å²) in [6.07, 6.45) is 5.69. The van der Waals surface area contributed by atoms with E-state index in [0.717, 1.165) is 5.92 Å². The summed E-state index contributed by atoms with van der Waals surface area (Å²) in [6.45, 7) is 8.66. The third kappa shape index (κ3) is 4.76. The minimum Gasteiger partial charge on any atom is -0.303 e. The molecule has 0 aromatic heterocycles. The van der Waals surface area contributed by atoms with Gasteiger partial charge in [-0.05, 0) is 44.8 Å². The molecule has 0 amide bonds. The Labute approximate surface area is 78.1 Å². The fourth-order valence-electron chi connectivity index (χ4n) is 1.62. The van der Waals surface area contributed by atoms with Crippen LogP contribution in [0.2, 0.25) is 0 Å². The minimum atomic E-state index is 0. The van der Waals surface area contributed by atoms with E-state index in [-0.39, 0.29) is 7.43 Å². The number of rotatable bonds is 3. The summed E-state index contributed by atoms with van der Waals surface area (Å²) in [7, 11) is 0. The molecule has 74 valence electrons. The van der Waals surface area contributed by atoms with Crippen molar-refractivity contribution in [1.29, 1.82) is 0 Å². The molecule has 1 aliphatic heterocycles. The topological polar surface area (TPSA) is 3.24 Å². The van der Waals surface area contributed by atoms with Crippen LogP contribution in [0.5, 0.6) is 0 Å². The highest BCUT2D eigenvalue weighted by molar-refractivity contribution is 4.64. The van der Waals surface area contributed by atoms with Crippen LogP contribution in [-0.2, 0) is 0 Å². The predicted molar refractivity (Wildman–Crippen MR) is 56.5 cm³/mol. The van der Waals surface area contributed by atoms with Crippen molar-refractivity contribution < 1.29 is 0 Å². The maximum absolute atomic E-state index is 2.61. The van der Waals surface area contributed by atoms with Gasteiger partial charge in [0.15, 0.2) is 0 Å². The van der Waals surface area contributed by atoms with Crippen molar-refractivity contribution in [3.63, 3.8) is 0 Å². The second-order valence-electron chi connectivity index (χ2n) is 4.08. The van der Waals surface area contributed by atoms with E-state index in [2.05, 4.69) is 18.7 Å². The van der Waals surface area contributed by atoms with E-state index in [9.17, 15) is 0 Å². The Morgan fingerprint density at radius 2 is 1.67 bits per heavy atom. The van der Waals surface area contributed by atoms with Gasteiger partial charge in [0.2, 0.25) is 0 Å². The molecule has 1 aliphatic rings. The fourth-order valence-corrected chi connectivity index (χ4v) is 1.62. The van der Waals surface area contributed by atoms with Gasteiger partial charge in [-0.15, -0.1) is 0 Å². The molecule has 0 aliphatic carbocycles. The van der Waals surface area contributed by atoms with Crippen LogP contribution in [-0.4, -0.2) is 24.5 Å². The smallest absolute Gasteiger partial charge is 0.00163 e. The Bertz CT molecular complexity index is 93.2. The summed E-state index contributed by atoms with van der Waals surface area (Å²) < 4.78 is 0. The lowest BCUT2D eigenvalue weighted by atomic mass is 10.1. The first-order valence-corrected chi connectivity index (χ1v) is 5.01. The monoisotopic (exact) mass is 171 g/mol. The second-order valence-corrected chi connectivity index (χ2v) is 4.08. The van der Waals surface area contributed by atoms with Crippen molar-refractivity contribution in [2.75, 3.05) is 19.6 Å². The van der Waals surface area contributed by atoms with Crippen LogP contribution in [0.15, 0.2) is 0 Å². The molecule has 1 saturated heterocycles. The van der Waals surface area contributed by atoms with E-state index in [1.807, 2.05) is 0 Å². The van der Waals surface area contributed by atoms with Crippen molar-refractivity contribution in [2.24, 2.45) is 5.92 Å². The van der Waals surface area contributed by atoms with E-state index >= 15 is 0 Å². The largest absolute Gasteiger partial charge is 0.303 e. The van der Waals surface area contributed by atoms with Gasteiger partial charge in [-0.3, -0.25) is 0 Å². The van der Waals surface area contributed by atoms with Crippen molar-refractivity contribution >= 4 is 0 Å². The van der Waals surface area contributed by atoms with Crippen molar-refractivity contribution in [2.45, 2.75) is 47.0 Å². The SMILES string of the molecule is C.CC(C)CCN1CCCCC1. The van der Waals surface area contributed by atoms with Crippen molar-refractivity contribution in [1.82, 2.24) is 4.90 Å². The van der Waals surface area contributed by atoms with E-state index in [1.165, 1.54) is 45.3 Å². The zero-order valence-electron chi connectivity index (χ0n) is 7.97. The molecule has 0 aromatic rings. The molecule has 0 bridgehead atoms. The molecule has 1 heteroatoms. The van der Waals surface area contributed by atoms with Crippen LogP contribution in [0.3, 0.4) is 0 Å². The Hall–Kier alpha value is -0.0400. The van der Waals surface area contributed by atoms with E-state index in [4.69, 9.17) is 0 Å². The summed E-state index contributed by atoms with van der Waals surface area (Å²) in [6, 6.07) is 0. The van der Waals surface area contributed by atoms with Crippen LogP contribution in [0.1, 0.15) is 47.0 Å². The Balaban J connectivity index is 0.00000121. The van der Waals surface area contributed by atoms with Crippen molar-refractivity contribution in [3.8, 4) is 0 Å². The van der Waals surface area contributed by atoms with Gasteiger partial charge in [-0.25, -0.2) is 0 Å². The summed E-state index contributed by atoms with van der Waals surface area (Å²) in [5, 5.41) is 0. The van der Waals surface area contributed by atoms with Crippen molar-refractivity contribution in [3.05, 3.63) is 0 Å². The highest BCUT2D eigenvalue weighted by Crippen LogP contribution is 2.10. The lowest BCUT2D eigenvalue weighted by Crippen LogP contribution is -2.31. The summed E-state index contributed by atoms with van der Waals surface area (Å²) in [5.41, 5.74) is 0. The van der Waals surface area contributed by atoms with Crippen LogP contribution < -0.4 is 0 Å². The molecular weight excluding hydrogens is 146 g/mol. The molecule has 0 unspecified atom stereocenters. The Kier molecular flexibility index (Phi) is 6.45. The lowest BCUT2D eigenvalue weighted by Gasteiger charge is -2.26. The third-order valence-electron chi connectivity index (χ3n) is 2.47. The summed E-state index contributed by atoms with van der Waals surface area (Å²) in [4.78, 5) is 2.61. The number of nitrogens with zero attached hydrogens (tertiary/aromatic N) is 1. The fraction of sp³-hybridized carbons (Fsp3) is 1.00. The first-order chi connectivity index (χ1) is 5.29. The average molecular weight is 171 g/mol. The van der Waals surface area contributed by atoms with Gasteiger partial charge < -0.3 is 4.90 Å². The molecule has 12 heavy (non-hydrogen) atoms. The Morgan fingerprint density at radius 3 is 2.17 bits per heavy atom. The van der Waals surface area contributed by atoms with E-state index in [1.54, 1.807) is 0 Å². The highest BCUT2D eigenvalue weighted by Gasteiger charge is 2.09. The molecule has 0 aromatic carbocycles. The molecule has 1 fully saturated rings. The molecule has 0 N–H and O–H groups in total.